The van der Waals surface area contributed by atoms with Gasteiger partial charge in [0.15, 0.2) is 0 Å². The van der Waals surface area contributed by atoms with E-state index in [2.05, 4.69) is 77.3 Å². The molecule has 2 aromatic carbocycles. The second-order valence-electron chi connectivity index (χ2n) is 7.83. The van der Waals surface area contributed by atoms with Gasteiger partial charge in [0, 0.05) is 45.8 Å². The Hall–Kier alpha value is -3.00. The van der Waals surface area contributed by atoms with Gasteiger partial charge in [-0.15, -0.1) is 0 Å². The minimum absolute atomic E-state index is 1.11. The fourth-order valence-electron chi connectivity index (χ4n) is 4.95. The van der Waals surface area contributed by atoms with E-state index in [-0.39, 0.29) is 0 Å². The molecule has 2 heterocycles. The third-order valence-corrected chi connectivity index (χ3v) is 6.35. The van der Waals surface area contributed by atoms with Crippen LogP contribution in [0, 0.1) is 0 Å². The highest BCUT2D eigenvalue weighted by Gasteiger charge is 2.20. The molecule has 2 aliphatic rings. The van der Waals surface area contributed by atoms with E-state index in [0.717, 1.165) is 25.7 Å². The lowest BCUT2D eigenvalue weighted by molar-refractivity contribution is 0.914. The zero-order valence-electron chi connectivity index (χ0n) is 15.5. The Bertz CT molecular complexity index is 1280. The number of H-pyrrole nitrogens is 1. The average Bonchev–Trinajstić information content (AvgIpc) is 3.23. The van der Waals surface area contributed by atoms with Gasteiger partial charge in [-0.3, -0.25) is 0 Å². The summed E-state index contributed by atoms with van der Waals surface area (Å²) in [6.45, 7) is 0. The number of nitrogens with zero attached hydrogens (tertiary/aromatic N) is 1. The number of aryl methyl sites for hydroxylation is 3. The molecule has 2 aliphatic carbocycles. The van der Waals surface area contributed by atoms with Gasteiger partial charge < -0.3 is 9.55 Å². The summed E-state index contributed by atoms with van der Waals surface area (Å²) in [5.74, 6) is 0. The van der Waals surface area contributed by atoms with Crippen molar-refractivity contribution in [3.8, 4) is 0 Å². The third kappa shape index (κ3) is 2.13. The number of benzene rings is 2. The molecule has 1 N–H and O–H groups in total. The number of aromatic nitrogens is 2. The van der Waals surface area contributed by atoms with Gasteiger partial charge in [-0.25, -0.2) is 0 Å². The van der Waals surface area contributed by atoms with Gasteiger partial charge in [0.2, 0.25) is 0 Å². The van der Waals surface area contributed by atoms with Crippen molar-refractivity contribution in [2.24, 2.45) is 7.05 Å². The van der Waals surface area contributed by atoms with Crippen molar-refractivity contribution in [2.45, 2.75) is 25.7 Å². The van der Waals surface area contributed by atoms with Gasteiger partial charge in [0.25, 0.3) is 0 Å². The maximum Gasteiger partial charge on any atom is 0.0485 e. The molecule has 0 saturated carbocycles. The van der Waals surface area contributed by atoms with E-state index in [1.165, 1.54) is 55.5 Å². The summed E-state index contributed by atoms with van der Waals surface area (Å²) in [6, 6.07) is 15.7. The molecule has 2 nitrogen and oxygen atoms in total. The summed E-state index contributed by atoms with van der Waals surface area (Å²) in [5, 5.41) is 2.77. The number of hydrogen-bond acceptors (Lipinski definition) is 0. The predicted octanol–water partition coefficient (Wildman–Crippen LogP) is 6.11. The van der Waals surface area contributed by atoms with E-state index in [1.807, 2.05) is 0 Å². The second-order valence-corrected chi connectivity index (χ2v) is 7.83. The van der Waals surface area contributed by atoms with Crippen LogP contribution in [0.3, 0.4) is 0 Å². The molecule has 0 bridgehead atoms. The Kier molecular flexibility index (Phi) is 3.07. The Labute approximate surface area is 158 Å². The first-order valence-corrected chi connectivity index (χ1v) is 9.88. The molecule has 0 fully saturated rings. The zero-order valence-corrected chi connectivity index (χ0v) is 15.5. The van der Waals surface area contributed by atoms with Gasteiger partial charge in [-0.2, -0.15) is 0 Å². The summed E-state index contributed by atoms with van der Waals surface area (Å²) >= 11 is 0. The third-order valence-electron chi connectivity index (χ3n) is 6.35. The molecule has 2 aromatic heterocycles. The average molecular weight is 350 g/mol. The maximum atomic E-state index is 3.61. The van der Waals surface area contributed by atoms with Crippen LogP contribution in [0.2, 0.25) is 0 Å². The minimum Gasteiger partial charge on any atom is -0.358 e. The summed E-state index contributed by atoms with van der Waals surface area (Å²) in [4.78, 5) is 3.61. The molecular weight excluding hydrogens is 328 g/mol. The lowest BCUT2D eigenvalue weighted by atomic mass is 9.90. The monoisotopic (exact) mass is 350 g/mol. The van der Waals surface area contributed by atoms with Gasteiger partial charge in [-0.1, -0.05) is 36.4 Å². The molecule has 27 heavy (non-hydrogen) atoms. The van der Waals surface area contributed by atoms with Gasteiger partial charge in [-0.05, 0) is 66.7 Å². The standard InChI is InChI=1S/C25H22N2/c1-27-24-9-5-3-7-19(24)20-12-10-17(15-25(20)27)16-11-13-23-21(14-16)18-6-2-4-8-22(18)26-23/h2-3,5-7,9,11,13-15,26H,4,8,10,12H2,1H3. The molecule has 0 amide bonds. The van der Waals surface area contributed by atoms with Gasteiger partial charge >= 0.3 is 0 Å². The highest BCUT2D eigenvalue weighted by Crippen LogP contribution is 2.37. The SMILES string of the molecule is Cn1c2c(c3ccccc31)CCC(c1ccc3[nH]c4c(c3c1)C=CCC4)=C2. The van der Waals surface area contributed by atoms with E-state index in [4.69, 9.17) is 0 Å². The zero-order chi connectivity index (χ0) is 18.0. The minimum atomic E-state index is 1.11. The van der Waals surface area contributed by atoms with E-state index in [0.29, 0.717) is 0 Å². The highest BCUT2D eigenvalue weighted by molar-refractivity contribution is 5.97. The second kappa shape index (κ2) is 5.50. The first-order chi connectivity index (χ1) is 13.3. The Morgan fingerprint density at radius 1 is 0.963 bits per heavy atom. The Morgan fingerprint density at radius 3 is 2.85 bits per heavy atom. The number of allylic oxidation sites excluding steroid dienone is 2. The molecule has 0 radical (unpaired) electrons. The molecule has 0 saturated heterocycles. The molecule has 0 atom stereocenters. The highest BCUT2D eigenvalue weighted by atomic mass is 14.9. The summed E-state index contributed by atoms with van der Waals surface area (Å²) in [6.07, 6.45) is 11.5. The molecule has 6 rings (SSSR count). The first kappa shape index (κ1) is 15.1. The number of rotatable bonds is 1. The lowest BCUT2D eigenvalue weighted by Gasteiger charge is -2.16. The Morgan fingerprint density at radius 2 is 1.89 bits per heavy atom. The van der Waals surface area contributed by atoms with Crippen molar-refractivity contribution >= 4 is 39.5 Å². The molecule has 0 aliphatic heterocycles. The number of para-hydroxylation sites is 1. The van der Waals surface area contributed by atoms with E-state index >= 15 is 0 Å². The topological polar surface area (TPSA) is 20.7 Å². The first-order valence-electron chi connectivity index (χ1n) is 9.88. The van der Waals surface area contributed by atoms with Gasteiger partial charge in [0.1, 0.15) is 0 Å². The van der Waals surface area contributed by atoms with Crippen molar-refractivity contribution in [2.75, 3.05) is 0 Å². The van der Waals surface area contributed by atoms with Crippen LogP contribution in [0.4, 0.5) is 0 Å². The van der Waals surface area contributed by atoms with Crippen molar-refractivity contribution in [1.29, 1.82) is 0 Å². The number of hydrogen-bond donors (Lipinski definition) is 1. The van der Waals surface area contributed by atoms with Crippen LogP contribution in [-0.2, 0) is 19.9 Å². The van der Waals surface area contributed by atoms with Crippen LogP contribution in [0.1, 0.15) is 40.9 Å². The molecule has 0 unspecified atom stereocenters. The van der Waals surface area contributed by atoms with E-state index in [1.54, 1.807) is 0 Å². The predicted molar refractivity (Wildman–Crippen MR) is 115 cm³/mol. The Balaban J connectivity index is 1.52. The maximum absolute atomic E-state index is 3.61. The number of nitrogens with one attached hydrogen (secondary N) is 1. The van der Waals surface area contributed by atoms with Crippen molar-refractivity contribution in [3.63, 3.8) is 0 Å². The van der Waals surface area contributed by atoms with Crippen LogP contribution in [0.5, 0.6) is 0 Å². The molecular formula is C25H22N2. The fourth-order valence-corrected chi connectivity index (χ4v) is 4.95. The molecule has 0 spiro atoms. The number of fused-ring (bicyclic) bond motifs is 6. The summed E-state index contributed by atoms with van der Waals surface area (Å²) < 4.78 is 2.35. The van der Waals surface area contributed by atoms with Crippen molar-refractivity contribution < 1.29 is 0 Å². The van der Waals surface area contributed by atoms with Crippen LogP contribution in [0.15, 0.2) is 48.5 Å². The van der Waals surface area contributed by atoms with Crippen LogP contribution < -0.4 is 0 Å². The largest absolute Gasteiger partial charge is 0.358 e. The van der Waals surface area contributed by atoms with E-state index in [9.17, 15) is 0 Å². The van der Waals surface area contributed by atoms with Crippen LogP contribution in [-0.4, -0.2) is 9.55 Å². The molecule has 4 aromatic rings. The summed E-state index contributed by atoms with van der Waals surface area (Å²) in [7, 11) is 2.19. The lowest BCUT2D eigenvalue weighted by Crippen LogP contribution is -2.01. The molecule has 132 valence electrons. The van der Waals surface area contributed by atoms with Crippen LogP contribution in [0.25, 0.3) is 39.5 Å². The van der Waals surface area contributed by atoms with E-state index < -0.39 is 0 Å². The fraction of sp³-hybridized carbons (Fsp3) is 0.200. The van der Waals surface area contributed by atoms with Crippen LogP contribution >= 0.6 is 0 Å². The van der Waals surface area contributed by atoms with Crippen molar-refractivity contribution in [1.82, 2.24) is 9.55 Å². The van der Waals surface area contributed by atoms with Gasteiger partial charge in [0.05, 0.1) is 0 Å². The quantitative estimate of drug-likeness (QED) is 0.428. The summed E-state index contributed by atoms with van der Waals surface area (Å²) in [5.41, 5.74) is 11.0. The number of aromatic amines is 1. The van der Waals surface area contributed by atoms with Crippen molar-refractivity contribution in [3.05, 3.63) is 76.6 Å². The normalized spacial score (nSPS) is 15.8. The molecule has 2 heteroatoms. The smallest absolute Gasteiger partial charge is 0.0485 e.